The lowest BCUT2D eigenvalue weighted by molar-refractivity contribution is 0.387. The summed E-state index contributed by atoms with van der Waals surface area (Å²) in [5.41, 5.74) is 5.74. The number of nitrogens with two attached hydrogens (primary N) is 1. The highest BCUT2D eigenvalue weighted by molar-refractivity contribution is 5.86. The van der Waals surface area contributed by atoms with Crippen LogP contribution in [-0.2, 0) is 0 Å². The molecule has 0 aromatic heterocycles. The summed E-state index contributed by atoms with van der Waals surface area (Å²) in [5, 5.41) is 0. The van der Waals surface area contributed by atoms with E-state index in [2.05, 4.69) is 30.8 Å². The molecule has 0 aliphatic carbocycles. The van der Waals surface area contributed by atoms with Gasteiger partial charge in [0.05, 0.1) is 0 Å². The number of hydrogen-bond donors (Lipinski definition) is 1. The van der Waals surface area contributed by atoms with E-state index in [1.165, 1.54) is 0 Å². The highest BCUT2D eigenvalue weighted by Gasteiger charge is 2.07. The molecule has 12 heavy (non-hydrogen) atoms. The van der Waals surface area contributed by atoms with E-state index in [4.69, 9.17) is 5.73 Å². The van der Waals surface area contributed by atoms with Crippen LogP contribution in [0.25, 0.3) is 0 Å². The van der Waals surface area contributed by atoms with E-state index >= 15 is 0 Å². The van der Waals surface area contributed by atoms with Crippen LogP contribution in [0.3, 0.4) is 0 Å². The molecule has 0 unspecified atom stereocenters. The van der Waals surface area contributed by atoms with E-state index in [1.54, 1.807) is 7.05 Å². The quantitative estimate of drug-likeness (QED) is 0.497. The van der Waals surface area contributed by atoms with E-state index in [0.29, 0.717) is 11.4 Å². The van der Waals surface area contributed by atoms with Crippen molar-refractivity contribution in [1.29, 1.82) is 0 Å². The van der Waals surface area contributed by atoms with E-state index in [1.807, 2.05) is 6.21 Å². The first-order chi connectivity index (χ1) is 5.45. The maximum absolute atomic E-state index is 5.37. The van der Waals surface area contributed by atoms with Crippen LogP contribution < -0.4 is 5.73 Å². The second kappa shape index (κ2) is 4.91. The fourth-order valence-electron chi connectivity index (χ4n) is 0.713. The monoisotopic (exact) mass is 169 g/mol. The number of hydrogen-bond acceptors (Lipinski definition) is 1. The third-order valence-electron chi connectivity index (χ3n) is 1.48. The summed E-state index contributed by atoms with van der Waals surface area (Å²) in [5.74, 6) is 0.351. The van der Waals surface area contributed by atoms with Gasteiger partial charge in [0.15, 0.2) is 0 Å². The molecular formula is C9H19N3. The Morgan fingerprint density at radius 1 is 1.42 bits per heavy atom. The zero-order valence-corrected chi connectivity index (χ0v) is 8.46. The Labute approximate surface area is 74.8 Å². The molecule has 0 fully saturated rings. The fourth-order valence-corrected chi connectivity index (χ4v) is 0.713. The summed E-state index contributed by atoms with van der Waals surface area (Å²) in [7, 11) is 1.64. The molecule has 0 aliphatic rings. The molecule has 0 aliphatic heterocycles. The molecule has 3 nitrogen and oxygen atoms in total. The third kappa shape index (κ3) is 7.25. The second-order valence-electron chi connectivity index (χ2n) is 3.99. The highest BCUT2D eigenvalue weighted by atomic mass is 15.0. The molecule has 0 aromatic rings. The number of nitrogens with zero attached hydrogens (tertiary/aromatic N) is 2. The fraction of sp³-hybridized carbons (Fsp3) is 0.778. The number of aliphatic imine (C=N–C) groups is 2. The smallest absolute Gasteiger partial charge is 0.214 e. The van der Waals surface area contributed by atoms with Gasteiger partial charge in [0, 0.05) is 13.3 Å². The van der Waals surface area contributed by atoms with Crippen LogP contribution in [0.1, 0.15) is 33.6 Å². The van der Waals surface area contributed by atoms with E-state index in [-0.39, 0.29) is 0 Å². The van der Waals surface area contributed by atoms with Crippen molar-refractivity contribution in [2.75, 3.05) is 7.05 Å². The predicted molar refractivity (Wildman–Crippen MR) is 54.7 cm³/mol. The van der Waals surface area contributed by atoms with Gasteiger partial charge in [-0.1, -0.05) is 20.8 Å². The molecule has 0 atom stereocenters. The first-order valence-electron chi connectivity index (χ1n) is 4.20. The van der Waals surface area contributed by atoms with Gasteiger partial charge in [-0.3, -0.25) is 4.99 Å². The number of rotatable bonds is 2. The molecule has 0 amide bonds. The van der Waals surface area contributed by atoms with Crippen LogP contribution >= 0.6 is 0 Å². The summed E-state index contributed by atoms with van der Waals surface area (Å²) in [6, 6.07) is 0. The van der Waals surface area contributed by atoms with Gasteiger partial charge in [0.2, 0.25) is 5.96 Å². The zero-order chi connectivity index (χ0) is 9.61. The molecule has 0 rings (SSSR count). The first kappa shape index (κ1) is 11.1. The molecule has 0 aromatic carbocycles. The van der Waals surface area contributed by atoms with E-state index in [9.17, 15) is 0 Å². The average molecular weight is 169 g/mol. The Hall–Kier alpha value is -0.860. The topological polar surface area (TPSA) is 50.7 Å². The molecule has 0 bridgehead atoms. The van der Waals surface area contributed by atoms with Crippen LogP contribution in [0.5, 0.6) is 0 Å². The molecule has 0 radical (unpaired) electrons. The van der Waals surface area contributed by atoms with Gasteiger partial charge in [-0.2, -0.15) is 0 Å². The van der Waals surface area contributed by atoms with Gasteiger partial charge in [0.1, 0.15) is 0 Å². The van der Waals surface area contributed by atoms with Crippen LogP contribution in [0.15, 0.2) is 9.98 Å². The van der Waals surface area contributed by atoms with Gasteiger partial charge in [0.25, 0.3) is 0 Å². The predicted octanol–water partition coefficient (Wildman–Crippen LogP) is 1.83. The van der Waals surface area contributed by atoms with Gasteiger partial charge in [-0.15, -0.1) is 0 Å². The maximum atomic E-state index is 5.37. The summed E-state index contributed by atoms with van der Waals surface area (Å²) in [4.78, 5) is 7.67. The lowest BCUT2D eigenvalue weighted by Crippen LogP contribution is -2.09. The molecule has 0 spiro atoms. The normalized spacial score (nSPS) is 14.2. The molecule has 0 heterocycles. The zero-order valence-electron chi connectivity index (χ0n) is 8.46. The Bertz CT molecular complexity index is 175. The molecule has 70 valence electrons. The SMILES string of the molecule is CN=C(N)N=CCCC(C)(C)C. The number of guanidine groups is 1. The van der Waals surface area contributed by atoms with Gasteiger partial charge in [-0.25, -0.2) is 4.99 Å². The summed E-state index contributed by atoms with van der Waals surface area (Å²) >= 11 is 0. The van der Waals surface area contributed by atoms with Crippen LogP contribution in [0.2, 0.25) is 0 Å². The minimum absolute atomic E-state index is 0.351. The first-order valence-corrected chi connectivity index (χ1v) is 4.20. The molecule has 3 heteroatoms. The Morgan fingerprint density at radius 3 is 2.42 bits per heavy atom. The van der Waals surface area contributed by atoms with Crippen molar-refractivity contribution in [3.63, 3.8) is 0 Å². The van der Waals surface area contributed by atoms with Crippen LogP contribution in [0.4, 0.5) is 0 Å². The molecule has 0 saturated carbocycles. The van der Waals surface area contributed by atoms with Gasteiger partial charge in [-0.05, 0) is 18.3 Å². The van der Waals surface area contributed by atoms with E-state index < -0.39 is 0 Å². The minimum atomic E-state index is 0.351. The Balaban J connectivity index is 3.64. The Kier molecular flexibility index (Phi) is 4.55. The summed E-state index contributed by atoms with van der Waals surface area (Å²) in [6.45, 7) is 6.62. The van der Waals surface area contributed by atoms with Gasteiger partial charge < -0.3 is 5.73 Å². The third-order valence-corrected chi connectivity index (χ3v) is 1.48. The lowest BCUT2D eigenvalue weighted by Gasteiger charge is -2.15. The van der Waals surface area contributed by atoms with Crippen LogP contribution in [-0.4, -0.2) is 19.2 Å². The van der Waals surface area contributed by atoms with Gasteiger partial charge >= 0.3 is 0 Å². The molecular weight excluding hydrogens is 150 g/mol. The van der Waals surface area contributed by atoms with Crippen molar-refractivity contribution in [2.45, 2.75) is 33.6 Å². The van der Waals surface area contributed by atoms with Crippen molar-refractivity contribution in [3.8, 4) is 0 Å². The lowest BCUT2D eigenvalue weighted by atomic mass is 9.91. The van der Waals surface area contributed by atoms with Crippen molar-refractivity contribution in [2.24, 2.45) is 21.1 Å². The summed E-state index contributed by atoms with van der Waals surface area (Å²) < 4.78 is 0. The molecule has 2 N–H and O–H groups in total. The maximum Gasteiger partial charge on any atom is 0.214 e. The largest absolute Gasteiger partial charge is 0.368 e. The van der Waals surface area contributed by atoms with Crippen molar-refractivity contribution in [1.82, 2.24) is 0 Å². The van der Waals surface area contributed by atoms with Crippen molar-refractivity contribution in [3.05, 3.63) is 0 Å². The highest BCUT2D eigenvalue weighted by Crippen LogP contribution is 2.19. The second-order valence-corrected chi connectivity index (χ2v) is 3.99. The van der Waals surface area contributed by atoms with Crippen molar-refractivity contribution < 1.29 is 0 Å². The van der Waals surface area contributed by atoms with Crippen LogP contribution in [0, 0.1) is 5.41 Å². The van der Waals surface area contributed by atoms with E-state index in [0.717, 1.165) is 12.8 Å². The van der Waals surface area contributed by atoms with Crippen molar-refractivity contribution >= 4 is 12.2 Å². The Morgan fingerprint density at radius 2 is 2.00 bits per heavy atom. The average Bonchev–Trinajstić information content (AvgIpc) is 1.96. The standard InChI is InChI=1S/C9H19N3/c1-9(2,3)6-5-7-12-8(10)11-4/h7H,5-6H2,1-4H3,(H2,10,11). The summed E-state index contributed by atoms with van der Waals surface area (Å²) in [6.07, 6.45) is 3.90. The molecule has 0 saturated heterocycles. The minimum Gasteiger partial charge on any atom is -0.368 e.